The van der Waals surface area contributed by atoms with Crippen LogP contribution in [-0.4, -0.2) is 18.3 Å². The van der Waals surface area contributed by atoms with Crippen LogP contribution in [0.25, 0.3) is 0 Å². The first-order valence-electron chi connectivity index (χ1n) is 5.75. The lowest BCUT2D eigenvalue weighted by atomic mass is 10.1. The van der Waals surface area contributed by atoms with Gasteiger partial charge in [-0.25, -0.2) is 0 Å². The number of nitrogens with one attached hydrogen (secondary N) is 1. The summed E-state index contributed by atoms with van der Waals surface area (Å²) in [5, 5.41) is 2.67. The quantitative estimate of drug-likeness (QED) is 0.376. The summed E-state index contributed by atoms with van der Waals surface area (Å²) in [6.07, 6.45) is 1.20. The third-order valence-electron chi connectivity index (χ3n) is 2.27. The predicted molar refractivity (Wildman–Crippen MR) is 70.2 cm³/mol. The molecule has 0 bridgehead atoms. The minimum atomic E-state index is -0.457. The second-order valence-electron chi connectivity index (χ2n) is 3.87. The maximum atomic E-state index is 11.9. The number of ketones is 1. The highest BCUT2D eigenvalue weighted by molar-refractivity contribution is 6.22. The molecule has 1 rings (SSSR count). The smallest absolute Gasteiger partial charge is 0.262 e. The van der Waals surface area contributed by atoms with Crippen LogP contribution in [0.3, 0.4) is 0 Å². The molecule has 0 unspecified atom stereocenters. The number of hydrogen-bond donors (Lipinski definition) is 1. The fourth-order valence-electron chi connectivity index (χ4n) is 1.38. The summed E-state index contributed by atoms with van der Waals surface area (Å²) >= 11 is 0. The lowest BCUT2D eigenvalue weighted by molar-refractivity contribution is -0.119. The van der Waals surface area contributed by atoms with Gasteiger partial charge in [-0.3, -0.25) is 9.59 Å². The normalized spacial score (nSPS) is 10.9. The second kappa shape index (κ2) is 6.59. The molecule has 0 heterocycles. The lowest BCUT2D eigenvalue weighted by Crippen LogP contribution is -2.19. The van der Waals surface area contributed by atoms with E-state index in [0.29, 0.717) is 12.3 Å². The first-order chi connectivity index (χ1) is 8.54. The monoisotopic (exact) mass is 247 g/mol. The number of Topliss-reactive ketones (excluding diaryl/α,β-unsaturated/α-hetero) is 1. The molecule has 1 amide bonds. The van der Waals surface area contributed by atoms with Gasteiger partial charge in [-0.15, -0.1) is 0 Å². The molecule has 1 aromatic rings. The van der Waals surface area contributed by atoms with Gasteiger partial charge < -0.3 is 10.1 Å². The third-order valence-corrected chi connectivity index (χ3v) is 2.27. The van der Waals surface area contributed by atoms with E-state index in [1.807, 2.05) is 25.1 Å². The molecular formula is C14H17NO3. The number of anilines is 1. The Kier molecular flexibility index (Phi) is 5.11. The molecule has 0 aliphatic rings. The summed E-state index contributed by atoms with van der Waals surface area (Å²) in [6.45, 7) is 5.46. The van der Waals surface area contributed by atoms with Gasteiger partial charge in [-0.05, 0) is 38.5 Å². The molecule has 0 aliphatic heterocycles. The number of benzene rings is 1. The van der Waals surface area contributed by atoms with Gasteiger partial charge in [0.2, 0.25) is 0 Å². The summed E-state index contributed by atoms with van der Waals surface area (Å²) in [4.78, 5) is 23.2. The van der Waals surface area contributed by atoms with E-state index < -0.39 is 5.91 Å². The van der Waals surface area contributed by atoms with Gasteiger partial charge in [0.05, 0.1) is 12.9 Å². The van der Waals surface area contributed by atoms with Crippen LogP contribution in [0.2, 0.25) is 0 Å². The zero-order valence-corrected chi connectivity index (χ0v) is 10.8. The average molecular weight is 247 g/mol. The van der Waals surface area contributed by atoms with E-state index in [2.05, 4.69) is 5.32 Å². The van der Waals surface area contributed by atoms with Gasteiger partial charge >= 0.3 is 0 Å². The minimum absolute atomic E-state index is 0.0124. The first kappa shape index (κ1) is 14.0. The van der Waals surface area contributed by atoms with Crippen LogP contribution in [0.1, 0.15) is 19.4 Å². The fourth-order valence-corrected chi connectivity index (χ4v) is 1.38. The predicted octanol–water partition coefficient (Wildman–Crippen LogP) is 2.44. The zero-order valence-electron chi connectivity index (χ0n) is 10.8. The highest BCUT2D eigenvalue weighted by Crippen LogP contribution is 2.11. The van der Waals surface area contributed by atoms with E-state index in [1.165, 1.54) is 13.2 Å². The number of carbonyl (C=O) groups is 2. The van der Waals surface area contributed by atoms with Crippen molar-refractivity contribution in [3.05, 3.63) is 41.7 Å². The van der Waals surface area contributed by atoms with Crippen LogP contribution in [0.15, 0.2) is 36.1 Å². The Morgan fingerprint density at radius 2 is 2.11 bits per heavy atom. The summed E-state index contributed by atoms with van der Waals surface area (Å²) < 4.78 is 5.00. The van der Waals surface area contributed by atoms with E-state index in [1.54, 1.807) is 13.0 Å². The third kappa shape index (κ3) is 4.05. The SMILES string of the molecule is CCOC=C(C(C)=O)C(=O)Nc1cccc(C)c1. The standard InChI is InChI=1S/C14H17NO3/c1-4-18-9-13(11(3)16)14(17)15-12-7-5-6-10(2)8-12/h5-9H,4H2,1-3H3,(H,15,17). The van der Waals surface area contributed by atoms with Gasteiger partial charge in [0.15, 0.2) is 5.78 Å². The van der Waals surface area contributed by atoms with Crippen LogP contribution in [-0.2, 0) is 14.3 Å². The van der Waals surface area contributed by atoms with E-state index >= 15 is 0 Å². The lowest BCUT2D eigenvalue weighted by Gasteiger charge is -2.07. The molecule has 0 saturated heterocycles. The van der Waals surface area contributed by atoms with Crippen LogP contribution in [0.4, 0.5) is 5.69 Å². The van der Waals surface area contributed by atoms with Crippen molar-refractivity contribution in [3.63, 3.8) is 0 Å². The average Bonchev–Trinajstić information content (AvgIpc) is 2.29. The molecule has 0 aliphatic carbocycles. The Hall–Kier alpha value is -2.10. The van der Waals surface area contributed by atoms with Crippen LogP contribution < -0.4 is 5.32 Å². The molecule has 18 heavy (non-hydrogen) atoms. The van der Waals surface area contributed by atoms with Crippen molar-refractivity contribution in [1.82, 2.24) is 0 Å². The van der Waals surface area contributed by atoms with Crippen molar-refractivity contribution in [2.45, 2.75) is 20.8 Å². The summed E-state index contributed by atoms with van der Waals surface area (Å²) in [6, 6.07) is 7.36. The Balaban J connectivity index is 2.82. The van der Waals surface area contributed by atoms with E-state index in [0.717, 1.165) is 5.56 Å². The van der Waals surface area contributed by atoms with Crippen molar-refractivity contribution in [1.29, 1.82) is 0 Å². The second-order valence-corrected chi connectivity index (χ2v) is 3.87. The number of ether oxygens (including phenoxy) is 1. The largest absolute Gasteiger partial charge is 0.501 e. The molecule has 0 radical (unpaired) electrons. The van der Waals surface area contributed by atoms with Crippen molar-refractivity contribution < 1.29 is 14.3 Å². The molecule has 4 heteroatoms. The van der Waals surface area contributed by atoms with Crippen molar-refractivity contribution >= 4 is 17.4 Å². The van der Waals surface area contributed by atoms with Gasteiger partial charge in [-0.2, -0.15) is 0 Å². The van der Waals surface area contributed by atoms with E-state index in [9.17, 15) is 9.59 Å². The minimum Gasteiger partial charge on any atom is -0.501 e. The number of amides is 1. The van der Waals surface area contributed by atoms with Crippen molar-refractivity contribution in [2.75, 3.05) is 11.9 Å². The van der Waals surface area contributed by atoms with E-state index in [4.69, 9.17) is 4.74 Å². The maximum absolute atomic E-state index is 11.9. The summed E-state index contributed by atoms with van der Waals surface area (Å²) in [7, 11) is 0. The van der Waals surface area contributed by atoms with E-state index in [-0.39, 0.29) is 11.4 Å². The Morgan fingerprint density at radius 3 is 2.67 bits per heavy atom. The zero-order chi connectivity index (χ0) is 13.5. The molecule has 0 aromatic heterocycles. The maximum Gasteiger partial charge on any atom is 0.262 e. The molecule has 0 saturated carbocycles. The number of hydrogen-bond acceptors (Lipinski definition) is 3. The molecule has 96 valence electrons. The number of carbonyl (C=O) groups excluding carboxylic acids is 2. The van der Waals surface area contributed by atoms with Gasteiger partial charge in [0.1, 0.15) is 5.57 Å². The van der Waals surface area contributed by atoms with Gasteiger partial charge in [-0.1, -0.05) is 12.1 Å². The Bertz CT molecular complexity index is 478. The van der Waals surface area contributed by atoms with Crippen molar-refractivity contribution in [2.24, 2.45) is 0 Å². The van der Waals surface area contributed by atoms with Gasteiger partial charge in [0, 0.05) is 5.69 Å². The van der Waals surface area contributed by atoms with Crippen LogP contribution in [0, 0.1) is 6.92 Å². The molecule has 4 nitrogen and oxygen atoms in total. The molecule has 0 fully saturated rings. The summed E-state index contributed by atoms with van der Waals surface area (Å²) in [5.74, 6) is -0.782. The molecule has 1 aromatic carbocycles. The fraction of sp³-hybridized carbons (Fsp3) is 0.286. The van der Waals surface area contributed by atoms with Crippen LogP contribution >= 0.6 is 0 Å². The number of aryl methyl sites for hydroxylation is 1. The highest BCUT2D eigenvalue weighted by atomic mass is 16.5. The first-order valence-corrected chi connectivity index (χ1v) is 5.75. The Morgan fingerprint density at radius 1 is 1.39 bits per heavy atom. The van der Waals surface area contributed by atoms with Gasteiger partial charge in [0.25, 0.3) is 5.91 Å². The molecule has 0 spiro atoms. The molecule has 1 N–H and O–H groups in total. The molecular weight excluding hydrogens is 230 g/mol. The number of rotatable bonds is 5. The Labute approximate surface area is 107 Å². The van der Waals surface area contributed by atoms with Crippen LogP contribution in [0.5, 0.6) is 0 Å². The molecule has 0 atom stereocenters. The summed E-state index contributed by atoms with van der Waals surface area (Å²) in [5.41, 5.74) is 1.70. The highest BCUT2D eigenvalue weighted by Gasteiger charge is 2.15. The van der Waals surface area contributed by atoms with Crippen molar-refractivity contribution in [3.8, 4) is 0 Å². The topological polar surface area (TPSA) is 55.4 Å².